The maximum atomic E-state index is 12.6. The van der Waals surface area contributed by atoms with E-state index in [-0.39, 0.29) is 46.3 Å². The summed E-state index contributed by atoms with van der Waals surface area (Å²) in [5.41, 5.74) is 1.03. The second-order valence-electron chi connectivity index (χ2n) is 14.5. The smallest absolute Gasteiger partial charge is 0.409 e. The van der Waals surface area contributed by atoms with Gasteiger partial charge in [0.2, 0.25) is 0 Å². The Hall–Kier alpha value is -1.78. The highest BCUT2D eigenvalue weighted by atomic mass is 16.6. The van der Waals surface area contributed by atoms with Gasteiger partial charge < -0.3 is 34.3 Å². The molecular weight excluding hydrogens is 584 g/mol. The number of unbranched alkanes of at least 4 members (excludes halogenated alkanes) is 2. The van der Waals surface area contributed by atoms with E-state index in [1.165, 1.54) is 5.57 Å². The maximum absolute atomic E-state index is 12.6. The van der Waals surface area contributed by atoms with Gasteiger partial charge >= 0.3 is 6.09 Å². The van der Waals surface area contributed by atoms with Crippen LogP contribution in [0.3, 0.4) is 0 Å². The zero-order chi connectivity index (χ0) is 33.7. The Morgan fingerprint density at radius 2 is 1.91 bits per heavy atom. The summed E-state index contributed by atoms with van der Waals surface area (Å²) in [6.45, 7) is 16.3. The summed E-state index contributed by atoms with van der Waals surface area (Å²) in [5.74, 6) is 1.21. The average molecular weight is 655 g/mol. The Bertz CT molecular complexity index is 1010. The molecule has 0 saturated carbocycles. The molecule has 2 N–H and O–H groups in total. The molecule has 0 aromatic carbocycles. The Balaban J connectivity index is 0.00000768. The van der Waals surface area contributed by atoms with Gasteiger partial charge in [-0.15, -0.1) is 0 Å². The van der Waals surface area contributed by atoms with E-state index < -0.39 is 6.10 Å². The first-order chi connectivity index (χ1) is 21.9. The fourth-order valence-corrected chi connectivity index (χ4v) is 7.41. The Morgan fingerprint density at radius 3 is 2.65 bits per heavy atom. The third kappa shape index (κ3) is 12.3. The second-order valence-corrected chi connectivity index (χ2v) is 14.5. The van der Waals surface area contributed by atoms with Crippen LogP contribution in [0, 0.1) is 17.8 Å². The minimum atomic E-state index is -0.531. The molecule has 9 heteroatoms. The quantitative estimate of drug-likeness (QED) is 0.0927. The molecule has 3 heterocycles. The van der Waals surface area contributed by atoms with Gasteiger partial charge in [-0.3, -0.25) is 4.79 Å². The van der Waals surface area contributed by atoms with Gasteiger partial charge in [-0.05, 0) is 96.1 Å². The minimum absolute atomic E-state index is 0. The van der Waals surface area contributed by atoms with Crippen LogP contribution >= 0.6 is 0 Å². The van der Waals surface area contributed by atoms with Crippen LogP contribution < -0.4 is 5.32 Å². The summed E-state index contributed by atoms with van der Waals surface area (Å²) >= 11 is 0. The third-order valence-electron chi connectivity index (χ3n) is 10.1. The lowest BCUT2D eigenvalue weighted by Gasteiger charge is -2.35. The van der Waals surface area contributed by atoms with E-state index >= 15 is 0 Å². The number of epoxide rings is 1. The molecule has 0 aromatic rings. The van der Waals surface area contributed by atoms with Gasteiger partial charge in [0.05, 0.1) is 42.7 Å². The molecule has 0 aromatic heterocycles. The van der Waals surface area contributed by atoms with Crippen molar-refractivity contribution in [3.05, 3.63) is 23.8 Å². The highest BCUT2D eigenvalue weighted by molar-refractivity contribution is 5.78. The number of ketones is 1. The first-order valence-electron chi connectivity index (χ1n) is 18.0. The van der Waals surface area contributed by atoms with Crippen LogP contribution in [0.4, 0.5) is 4.79 Å². The van der Waals surface area contributed by atoms with Crippen molar-refractivity contribution in [1.82, 2.24) is 10.2 Å². The van der Waals surface area contributed by atoms with Gasteiger partial charge in [0.15, 0.2) is 0 Å². The lowest BCUT2D eigenvalue weighted by molar-refractivity contribution is -0.121. The van der Waals surface area contributed by atoms with Gasteiger partial charge in [0.1, 0.15) is 5.78 Å². The van der Waals surface area contributed by atoms with E-state index in [2.05, 4.69) is 58.2 Å². The van der Waals surface area contributed by atoms with E-state index in [1.54, 1.807) is 18.9 Å². The Labute approximate surface area is 283 Å². The number of aliphatic hydroxyl groups is 1. The van der Waals surface area contributed by atoms with Crippen molar-refractivity contribution < 1.29 is 37.9 Å². The number of carbonyl (C=O) groups excluding carboxylic acids is 2. The van der Waals surface area contributed by atoms with Crippen molar-refractivity contribution in [3.8, 4) is 0 Å². The van der Waals surface area contributed by atoms with E-state index in [4.69, 9.17) is 18.9 Å². The van der Waals surface area contributed by atoms with E-state index in [0.29, 0.717) is 43.6 Å². The van der Waals surface area contributed by atoms with Crippen LogP contribution in [0.1, 0.15) is 110 Å². The van der Waals surface area contributed by atoms with Gasteiger partial charge in [0.25, 0.3) is 0 Å². The molecule has 3 aliphatic rings. The first-order valence-corrected chi connectivity index (χ1v) is 18.0. The lowest BCUT2D eigenvalue weighted by Crippen LogP contribution is -2.36. The van der Waals surface area contributed by atoms with Crippen molar-refractivity contribution in [2.45, 2.75) is 142 Å². The van der Waals surface area contributed by atoms with Crippen molar-refractivity contribution >= 4 is 11.9 Å². The number of nitrogens with one attached hydrogen (secondary N) is 1. The number of aliphatic hydroxyl groups excluding tert-OH is 1. The van der Waals surface area contributed by atoms with Gasteiger partial charge in [-0.1, -0.05) is 39.0 Å². The lowest BCUT2D eigenvalue weighted by atomic mass is 9.85. The highest BCUT2D eigenvalue weighted by Gasteiger charge is 2.56. The number of methoxy groups -OCH3 is 1. The third-order valence-corrected chi connectivity index (χ3v) is 10.1. The van der Waals surface area contributed by atoms with E-state index in [9.17, 15) is 14.7 Å². The SMILES string of the molecule is CO[C@H]([C@@H](C)[C@H]1O[C@]1(C)C[C@H](C)/C=C/C=C(\C)[C@H]1O[C@@H](CCC(=O)CCCCCOC(=O)N2CCCNCC2)CC[C@@H]1C)[C@@H](C)O.[HH].[HH].[HH]. The number of hydrogen-bond donors (Lipinski definition) is 2. The highest BCUT2D eigenvalue weighted by Crippen LogP contribution is 2.47. The number of amides is 1. The Kier molecular flexibility index (Phi) is 16.2. The summed E-state index contributed by atoms with van der Waals surface area (Å²) in [5, 5.41) is 13.3. The van der Waals surface area contributed by atoms with Crippen LogP contribution in [0.5, 0.6) is 0 Å². The van der Waals surface area contributed by atoms with Crippen molar-refractivity contribution in [3.63, 3.8) is 0 Å². The number of rotatable bonds is 18. The number of hydrogen-bond acceptors (Lipinski definition) is 8. The summed E-state index contributed by atoms with van der Waals surface area (Å²) in [4.78, 5) is 26.6. The molecule has 46 heavy (non-hydrogen) atoms. The van der Waals surface area contributed by atoms with Crippen LogP contribution in [0.2, 0.25) is 0 Å². The molecule has 0 bridgehead atoms. The predicted molar refractivity (Wildman–Crippen MR) is 188 cm³/mol. The average Bonchev–Trinajstić information content (AvgIpc) is 3.75. The topological polar surface area (TPSA) is 110 Å². The largest absolute Gasteiger partial charge is 0.449 e. The number of ether oxygens (including phenoxy) is 4. The van der Waals surface area contributed by atoms with E-state index in [0.717, 1.165) is 71.0 Å². The number of carbonyl (C=O) groups is 2. The fourth-order valence-electron chi connectivity index (χ4n) is 7.41. The van der Waals surface area contributed by atoms with Gasteiger partial charge in [0, 0.05) is 49.8 Å². The van der Waals surface area contributed by atoms with E-state index in [1.807, 2.05) is 0 Å². The van der Waals surface area contributed by atoms with Crippen molar-refractivity contribution in [2.24, 2.45) is 17.8 Å². The summed E-state index contributed by atoms with van der Waals surface area (Å²) in [7, 11) is 1.65. The fraction of sp³-hybridized carbons (Fsp3) is 0.838. The molecule has 0 unspecified atom stereocenters. The molecule has 9 atom stereocenters. The first kappa shape index (κ1) is 38.7. The molecule has 270 valence electrons. The van der Waals surface area contributed by atoms with Crippen LogP contribution in [-0.4, -0.2) is 97.9 Å². The second kappa shape index (κ2) is 19.3. The van der Waals surface area contributed by atoms with Crippen molar-refractivity contribution in [2.75, 3.05) is 39.9 Å². The molecule has 1 amide bonds. The summed E-state index contributed by atoms with van der Waals surface area (Å²) < 4.78 is 23.6. The molecule has 3 fully saturated rings. The number of nitrogens with zero attached hydrogens (tertiary/aromatic N) is 1. The van der Waals surface area contributed by atoms with Gasteiger partial charge in [-0.25, -0.2) is 4.79 Å². The standard InChI is InChI=1S/C37H64N2O7.3H2/c1-26(25-37(6)35(46-37)29(4)34(43-7)30(5)40)13-11-14-27(2)33-28(3)16-18-32(45-33)19-17-31(41)15-9-8-10-24-44-36(42)39-22-12-20-38-21-23-39;;;/h11,13-14,26,28-30,32-35,38,40H,8-10,12,15-25H2,1-7H3;3*1H/b13-11+,27-14+;;;/t26-,28+,29-,30-,32-,33-,34-,35-,37-;;;/m1.../s1. The zero-order valence-electron chi connectivity index (χ0n) is 29.8. The summed E-state index contributed by atoms with van der Waals surface area (Å²) in [6, 6.07) is 0. The number of allylic oxidation sites excluding steroid dienone is 3. The Morgan fingerprint density at radius 1 is 1.13 bits per heavy atom. The normalized spacial score (nSPS) is 30.0. The number of Topliss-reactive ketones (excluding diaryl/α,β-unsaturated/α-hetero) is 1. The van der Waals surface area contributed by atoms with Crippen LogP contribution in [0.15, 0.2) is 23.8 Å². The van der Waals surface area contributed by atoms with Crippen LogP contribution in [0.25, 0.3) is 0 Å². The van der Waals surface area contributed by atoms with Crippen molar-refractivity contribution in [1.29, 1.82) is 0 Å². The van der Waals surface area contributed by atoms with Crippen LogP contribution in [-0.2, 0) is 23.7 Å². The molecule has 0 radical (unpaired) electrons. The summed E-state index contributed by atoms with van der Waals surface area (Å²) in [6.07, 6.45) is 14.3. The predicted octanol–water partition coefficient (Wildman–Crippen LogP) is 6.97. The van der Waals surface area contributed by atoms with Gasteiger partial charge in [-0.2, -0.15) is 0 Å². The minimum Gasteiger partial charge on any atom is -0.449 e. The zero-order valence-corrected chi connectivity index (χ0v) is 29.8. The molecule has 3 saturated heterocycles. The monoisotopic (exact) mass is 655 g/mol. The molecular formula is C37H70N2O7. The molecule has 0 aliphatic carbocycles. The molecule has 9 nitrogen and oxygen atoms in total. The molecule has 3 rings (SSSR count). The molecule has 0 spiro atoms. The molecule has 3 aliphatic heterocycles. The maximum Gasteiger partial charge on any atom is 0.409 e.